The van der Waals surface area contributed by atoms with Crippen LogP contribution in [-0.4, -0.2) is 18.5 Å². The number of fused-ring (bicyclic) bond motifs is 1. The second kappa shape index (κ2) is 9.81. The lowest BCUT2D eigenvalue weighted by molar-refractivity contribution is -0.129. The second-order valence-corrected chi connectivity index (χ2v) is 7.92. The number of esters is 1. The molecule has 0 aliphatic carbocycles. The number of rotatable bonds is 7. The number of halogens is 1. The van der Waals surface area contributed by atoms with Crippen LogP contribution in [0.1, 0.15) is 23.6 Å². The third-order valence-corrected chi connectivity index (χ3v) is 5.53. The molecule has 0 radical (unpaired) electrons. The Hall–Kier alpha value is -4.45. The van der Waals surface area contributed by atoms with Crippen LogP contribution in [0.2, 0.25) is 0 Å². The van der Waals surface area contributed by atoms with E-state index < -0.39 is 5.97 Å². The quantitative estimate of drug-likeness (QED) is 0.236. The summed E-state index contributed by atoms with van der Waals surface area (Å²) in [5.74, 6) is 0.384. The molecule has 0 saturated heterocycles. The third-order valence-electron chi connectivity index (χ3n) is 5.53. The Bertz CT molecular complexity index is 1470. The van der Waals surface area contributed by atoms with E-state index >= 15 is 0 Å². The van der Waals surface area contributed by atoms with Gasteiger partial charge in [-0.1, -0.05) is 54.6 Å². The highest BCUT2D eigenvalue weighted by molar-refractivity contribution is 6.13. The van der Waals surface area contributed by atoms with Gasteiger partial charge in [0, 0.05) is 11.1 Å². The molecule has 1 aliphatic heterocycles. The van der Waals surface area contributed by atoms with Gasteiger partial charge in [0.2, 0.25) is 5.90 Å². The lowest BCUT2D eigenvalue weighted by Gasteiger charge is -2.13. The molecule has 35 heavy (non-hydrogen) atoms. The first-order valence-corrected chi connectivity index (χ1v) is 11.3. The molecule has 0 saturated carbocycles. The largest absolute Gasteiger partial charge is 0.490 e. The maximum absolute atomic E-state index is 13.9. The van der Waals surface area contributed by atoms with E-state index in [9.17, 15) is 9.18 Å². The monoisotopic (exact) mass is 467 g/mol. The molecule has 0 fully saturated rings. The average molecular weight is 467 g/mol. The zero-order chi connectivity index (χ0) is 24.2. The van der Waals surface area contributed by atoms with Crippen LogP contribution < -0.4 is 9.47 Å². The van der Waals surface area contributed by atoms with Crippen LogP contribution in [0, 0.1) is 5.82 Å². The molecular formula is C29H22FNO4. The maximum Gasteiger partial charge on any atom is 0.363 e. The van der Waals surface area contributed by atoms with Gasteiger partial charge in [0.15, 0.2) is 17.2 Å². The lowest BCUT2D eigenvalue weighted by atomic mass is 10.1. The Labute approximate surface area is 202 Å². The molecule has 4 aromatic rings. The molecule has 174 valence electrons. The van der Waals surface area contributed by atoms with Crippen molar-refractivity contribution in [1.29, 1.82) is 0 Å². The molecule has 4 aromatic carbocycles. The minimum Gasteiger partial charge on any atom is -0.490 e. The number of carbonyl (C=O) groups is 1. The number of hydrogen-bond donors (Lipinski definition) is 0. The van der Waals surface area contributed by atoms with Gasteiger partial charge in [0.25, 0.3) is 0 Å². The lowest BCUT2D eigenvalue weighted by Crippen LogP contribution is -2.05. The molecule has 0 unspecified atom stereocenters. The number of ether oxygens (including phenoxy) is 3. The van der Waals surface area contributed by atoms with Gasteiger partial charge < -0.3 is 14.2 Å². The van der Waals surface area contributed by atoms with Crippen LogP contribution in [0.3, 0.4) is 0 Å². The SMILES string of the molecule is CCOc1cc(/C=C2\N=C(c3ccc4ccccc4c3)OC2=O)ccc1OCc1ccccc1F. The highest BCUT2D eigenvalue weighted by Gasteiger charge is 2.24. The Morgan fingerprint density at radius 3 is 2.51 bits per heavy atom. The van der Waals surface area contributed by atoms with Crippen LogP contribution >= 0.6 is 0 Å². The van der Waals surface area contributed by atoms with Crippen molar-refractivity contribution in [3.8, 4) is 11.5 Å². The molecule has 6 heteroatoms. The Kier molecular flexibility index (Phi) is 6.26. The van der Waals surface area contributed by atoms with Gasteiger partial charge in [-0.25, -0.2) is 14.2 Å². The standard InChI is InChI=1S/C29H22FNO4/c1-2-33-27-16-19(11-14-26(27)34-18-23-9-5-6-10-24(23)30)15-25-29(32)35-28(31-25)22-13-12-20-7-3-4-8-21(20)17-22/h3-17H,2,18H2,1H3/b25-15-. The Morgan fingerprint density at radius 2 is 1.69 bits per heavy atom. The first kappa shape index (κ1) is 22.3. The predicted molar refractivity (Wildman–Crippen MR) is 133 cm³/mol. The van der Waals surface area contributed by atoms with Crippen molar-refractivity contribution in [3.63, 3.8) is 0 Å². The number of benzene rings is 4. The third kappa shape index (κ3) is 4.92. The fraction of sp³-hybridized carbons (Fsp3) is 0.103. The van der Waals surface area contributed by atoms with E-state index in [0.29, 0.717) is 29.2 Å². The van der Waals surface area contributed by atoms with E-state index in [-0.39, 0.29) is 24.0 Å². The topological polar surface area (TPSA) is 57.1 Å². The van der Waals surface area contributed by atoms with Crippen LogP contribution in [0.4, 0.5) is 4.39 Å². The summed E-state index contributed by atoms with van der Waals surface area (Å²) in [4.78, 5) is 16.9. The molecule has 5 rings (SSSR count). The van der Waals surface area contributed by atoms with E-state index in [2.05, 4.69) is 4.99 Å². The number of hydrogen-bond acceptors (Lipinski definition) is 5. The van der Waals surface area contributed by atoms with Gasteiger partial charge in [-0.3, -0.25) is 0 Å². The summed E-state index contributed by atoms with van der Waals surface area (Å²) in [6.45, 7) is 2.35. The summed E-state index contributed by atoms with van der Waals surface area (Å²) < 4.78 is 30.9. The molecule has 0 spiro atoms. The number of cyclic esters (lactones) is 1. The maximum atomic E-state index is 13.9. The zero-order valence-corrected chi connectivity index (χ0v) is 19.0. The van der Waals surface area contributed by atoms with Crippen molar-refractivity contribution in [2.45, 2.75) is 13.5 Å². The highest BCUT2D eigenvalue weighted by atomic mass is 19.1. The smallest absolute Gasteiger partial charge is 0.363 e. The van der Waals surface area contributed by atoms with E-state index in [0.717, 1.165) is 16.3 Å². The summed E-state index contributed by atoms with van der Waals surface area (Å²) in [7, 11) is 0. The first-order valence-electron chi connectivity index (χ1n) is 11.3. The van der Waals surface area contributed by atoms with Crippen LogP contribution in [0.5, 0.6) is 11.5 Å². The number of nitrogens with zero attached hydrogens (tertiary/aromatic N) is 1. The Morgan fingerprint density at radius 1 is 0.886 bits per heavy atom. The fourth-order valence-corrected chi connectivity index (χ4v) is 3.79. The molecule has 1 aliphatic rings. The van der Waals surface area contributed by atoms with E-state index in [4.69, 9.17) is 14.2 Å². The summed E-state index contributed by atoms with van der Waals surface area (Å²) in [5, 5.41) is 2.13. The molecular weight excluding hydrogens is 445 g/mol. The zero-order valence-electron chi connectivity index (χ0n) is 19.0. The minimum atomic E-state index is -0.522. The Balaban J connectivity index is 1.39. The van der Waals surface area contributed by atoms with E-state index in [1.54, 1.807) is 42.5 Å². The van der Waals surface area contributed by atoms with Gasteiger partial charge in [0.1, 0.15) is 12.4 Å². The molecule has 0 N–H and O–H groups in total. The van der Waals surface area contributed by atoms with Crippen molar-refractivity contribution in [2.75, 3.05) is 6.61 Å². The van der Waals surface area contributed by atoms with Crippen molar-refractivity contribution in [3.05, 3.63) is 113 Å². The van der Waals surface area contributed by atoms with Gasteiger partial charge in [-0.05, 0) is 59.7 Å². The molecule has 0 bridgehead atoms. The molecule has 5 nitrogen and oxygen atoms in total. The minimum absolute atomic E-state index is 0.0684. The van der Waals surface area contributed by atoms with E-state index in [1.807, 2.05) is 49.4 Å². The van der Waals surface area contributed by atoms with Crippen LogP contribution in [0.25, 0.3) is 16.8 Å². The van der Waals surface area contributed by atoms with Gasteiger partial charge >= 0.3 is 5.97 Å². The van der Waals surface area contributed by atoms with Crippen LogP contribution in [0.15, 0.2) is 95.6 Å². The molecule has 0 amide bonds. The van der Waals surface area contributed by atoms with Gasteiger partial charge in [-0.2, -0.15) is 0 Å². The fourth-order valence-electron chi connectivity index (χ4n) is 3.79. The van der Waals surface area contributed by atoms with Gasteiger partial charge in [-0.15, -0.1) is 0 Å². The average Bonchev–Trinajstić information content (AvgIpc) is 3.24. The molecule has 0 aromatic heterocycles. The number of aliphatic imine (C=N–C) groups is 1. The van der Waals surface area contributed by atoms with Crippen molar-refractivity contribution in [1.82, 2.24) is 0 Å². The van der Waals surface area contributed by atoms with Crippen molar-refractivity contribution in [2.24, 2.45) is 4.99 Å². The van der Waals surface area contributed by atoms with Gasteiger partial charge in [0.05, 0.1) is 6.61 Å². The second-order valence-electron chi connectivity index (χ2n) is 7.92. The van der Waals surface area contributed by atoms with Crippen molar-refractivity contribution < 1.29 is 23.4 Å². The molecule has 1 heterocycles. The predicted octanol–water partition coefficient (Wildman–Crippen LogP) is 6.30. The normalized spacial score (nSPS) is 14.2. The molecule has 0 atom stereocenters. The van der Waals surface area contributed by atoms with E-state index in [1.165, 1.54) is 6.07 Å². The highest BCUT2D eigenvalue weighted by Crippen LogP contribution is 2.31. The summed E-state index contributed by atoms with van der Waals surface area (Å²) in [5.41, 5.74) is 2.07. The van der Waals surface area contributed by atoms with Crippen LogP contribution in [-0.2, 0) is 16.1 Å². The summed E-state index contributed by atoms with van der Waals surface area (Å²) >= 11 is 0. The number of carbonyl (C=O) groups excluding carboxylic acids is 1. The first-order chi connectivity index (χ1) is 17.1. The summed E-state index contributed by atoms with van der Waals surface area (Å²) in [6, 6.07) is 25.5. The summed E-state index contributed by atoms with van der Waals surface area (Å²) in [6.07, 6.45) is 1.64. The van der Waals surface area contributed by atoms with Crippen molar-refractivity contribution >= 4 is 28.7 Å².